The van der Waals surface area contributed by atoms with Crippen molar-refractivity contribution in [3.05, 3.63) is 17.5 Å². The highest BCUT2D eigenvalue weighted by Gasteiger charge is 2.40. The second-order valence-electron chi connectivity index (χ2n) is 5.10. The van der Waals surface area contributed by atoms with Gasteiger partial charge in [0.05, 0.1) is 11.7 Å². The third kappa shape index (κ3) is 1.55. The lowest BCUT2D eigenvalue weighted by atomic mass is 9.96. The number of rotatable bonds is 2. The van der Waals surface area contributed by atoms with E-state index < -0.39 is 0 Å². The zero-order valence-electron chi connectivity index (χ0n) is 9.12. The summed E-state index contributed by atoms with van der Waals surface area (Å²) in [5.74, 6) is 1.91. The molecule has 2 nitrogen and oxygen atoms in total. The van der Waals surface area contributed by atoms with Crippen molar-refractivity contribution in [3.63, 3.8) is 0 Å². The van der Waals surface area contributed by atoms with Gasteiger partial charge in [0.15, 0.2) is 0 Å². The molecule has 2 aliphatic rings. The van der Waals surface area contributed by atoms with Crippen molar-refractivity contribution in [1.82, 2.24) is 9.78 Å². The van der Waals surface area contributed by atoms with E-state index in [-0.39, 0.29) is 0 Å². The Balaban J connectivity index is 1.87. The van der Waals surface area contributed by atoms with Crippen molar-refractivity contribution >= 4 is 15.9 Å². The Kier molecular flexibility index (Phi) is 2.38. The van der Waals surface area contributed by atoms with E-state index >= 15 is 0 Å². The van der Waals surface area contributed by atoms with Crippen molar-refractivity contribution in [2.75, 3.05) is 0 Å². The van der Waals surface area contributed by atoms with Crippen LogP contribution in [-0.4, -0.2) is 9.78 Å². The van der Waals surface area contributed by atoms with Crippen LogP contribution >= 0.6 is 15.9 Å². The molecule has 0 amide bonds. The summed E-state index contributed by atoms with van der Waals surface area (Å²) in [6.45, 7) is 2.11. The normalized spacial score (nSPS) is 33.9. The van der Waals surface area contributed by atoms with Gasteiger partial charge < -0.3 is 0 Å². The topological polar surface area (TPSA) is 17.8 Å². The Morgan fingerprint density at radius 1 is 1.47 bits per heavy atom. The molecule has 2 fully saturated rings. The zero-order chi connectivity index (χ0) is 10.4. The molecule has 0 N–H and O–H groups in total. The van der Waals surface area contributed by atoms with Crippen LogP contribution in [0, 0.1) is 18.8 Å². The summed E-state index contributed by atoms with van der Waals surface area (Å²) < 4.78 is 2.25. The Hall–Kier alpha value is -0.310. The Bertz CT molecular complexity index is 372. The van der Waals surface area contributed by atoms with Gasteiger partial charge in [-0.05, 0) is 38.0 Å². The molecule has 3 rings (SSSR count). The maximum absolute atomic E-state index is 4.67. The minimum absolute atomic E-state index is 0.704. The summed E-state index contributed by atoms with van der Waals surface area (Å²) in [5, 5.41) is 5.60. The van der Waals surface area contributed by atoms with E-state index in [0.29, 0.717) is 6.04 Å². The molecule has 3 heteroatoms. The third-order valence-electron chi connectivity index (χ3n) is 4.20. The molecule has 2 aliphatic carbocycles. The Labute approximate surface area is 99.2 Å². The van der Waals surface area contributed by atoms with Gasteiger partial charge in [-0.2, -0.15) is 5.10 Å². The van der Waals surface area contributed by atoms with E-state index in [1.54, 1.807) is 0 Å². The average Bonchev–Trinajstić information content (AvgIpc) is 2.90. The number of aromatic nitrogens is 2. The predicted molar refractivity (Wildman–Crippen MR) is 64.1 cm³/mol. The first-order chi connectivity index (χ1) is 7.28. The van der Waals surface area contributed by atoms with E-state index in [2.05, 4.69) is 38.8 Å². The van der Waals surface area contributed by atoms with Crippen LogP contribution in [-0.2, 0) is 5.33 Å². The number of alkyl halides is 1. The third-order valence-corrected chi connectivity index (χ3v) is 4.81. The first kappa shape index (κ1) is 9.88. The van der Waals surface area contributed by atoms with Gasteiger partial charge in [-0.15, -0.1) is 0 Å². The highest BCUT2D eigenvalue weighted by molar-refractivity contribution is 9.08. The molecule has 15 heavy (non-hydrogen) atoms. The number of halogens is 1. The molecule has 2 bridgehead atoms. The summed E-state index contributed by atoms with van der Waals surface area (Å²) >= 11 is 3.52. The fourth-order valence-electron chi connectivity index (χ4n) is 3.36. The van der Waals surface area contributed by atoms with Gasteiger partial charge in [0, 0.05) is 17.1 Å². The zero-order valence-corrected chi connectivity index (χ0v) is 10.7. The van der Waals surface area contributed by atoms with E-state index in [1.165, 1.54) is 36.9 Å². The summed E-state index contributed by atoms with van der Waals surface area (Å²) in [7, 11) is 0. The van der Waals surface area contributed by atoms with Crippen molar-refractivity contribution in [2.45, 2.75) is 44.0 Å². The van der Waals surface area contributed by atoms with Crippen molar-refractivity contribution in [3.8, 4) is 0 Å². The second kappa shape index (κ2) is 3.62. The lowest BCUT2D eigenvalue weighted by Gasteiger charge is -2.21. The quantitative estimate of drug-likeness (QED) is 0.752. The molecule has 0 aromatic carbocycles. The van der Waals surface area contributed by atoms with Crippen LogP contribution in [0.5, 0.6) is 0 Å². The van der Waals surface area contributed by atoms with Crippen molar-refractivity contribution < 1.29 is 0 Å². The molecule has 1 aromatic rings. The molecule has 0 aliphatic heterocycles. The van der Waals surface area contributed by atoms with E-state index in [1.807, 2.05) is 0 Å². The molecule has 0 saturated heterocycles. The molecule has 1 aromatic heterocycles. The predicted octanol–water partition coefficient (Wildman–Crippen LogP) is 3.45. The minimum atomic E-state index is 0.704. The number of hydrogen-bond acceptors (Lipinski definition) is 1. The van der Waals surface area contributed by atoms with Gasteiger partial charge >= 0.3 is 0 Å². The molecular weight excluding hydrogens is 252 g/mol. The molecule has 3 unspecified atom stereocenters. The standard InChI is InChI=1S/C12H17BrN2/c1-8-11(6-13)7-15(14-8)12-5-9-2-3-10(12)4-9/h7,9-10,12H,2-6H2,1H3. The van der Waals surface area contributed by atoms with Crippen LogP contribution in [0.4, 0.5) is 0 Å². The first-order valence-electron chi connectivity index (χ1n) is 5.88. The van der Waals surface area contributed by atoms with Crippen LogP contribution in [0.1, 0.15) is 43.0 Å². The first-order valence-corrected chi connectivity index (χ1v) is 7.00. The molecule has 1 heterocycles. The summed E-state index contributed by atoms with van der Waals surface area (Å²) in [6, 6.07) is 0.704. The van der Waals surface area contributed by atoms with Gasteiger partial charge in [-0.3, -0.25) is 4.68 Å². The maximum Gasteiger partial charge on any atom is 0.0634 e. The fourth-order valence-corrected chi connectivity index (χ4v) is 3.91. The molecule has 0 spiro atoms. The van der Waals surface area contributed by atoms with Crippen LogP contribution in [0.2, 0.25) is 0 Å². The second-order valence-corrected chi connectivity index (χ2v) is 5.66. The molecule has 82 valence electrons. The molecular formula is C12H17BrN2. The minimum Gasteiger partial charge on any atom is -0.269 e. The number of nitrogens with zero attached hydrogens (tertiary/aromatic N) is 2. The molecule has 3 atom stereocenters. The van der Waals surface area contributed by atoms with E-state index in [4.69, 9.17) is 0 Å². The SMILES string of the molecule is Cc1nn(C2CC3CCC2C3)cc1CBr. The number of hydrogen-bond donors (Lipinski definition) is 0. The maximum atomic E-state index is 4.67. The van der Waals surface area contributed by atoms with Crippen LogP contribution in [0.3, 0.4) is 0 Å². The Morgan fingerprint density at radius 2 is 2.33 bits per heavy atom. The van der Waals surface area contributed by atoms with Crippen molar-refractivity contribution in [1.29, 1.82) is 0 Å². The van der Waals surface area contributed by atoms with Gasteiger partial charge in [-0.1, -0.05) is 22.4 Å². The van der Waals surface area contributed by atoms with Gasteiger partial charge in [0.2, 0.25) is 0 Å². The van der Waals surface area contributed by atoms with Crippen LogP contribution in [0.15, 0.2) is 6.20 Å². The monoisotopic (exact) mass is 268 g/mol. The van der Waals surface area contributed by atoms with Gasteiger partial charge in [0.1, 0.15) is 0 Å². The van der Waals surface area contributed by atoms with Crippen LogP contribution < -0.4 is 0 Å². The smallest absolute Gasteiger partial charge is 0.0634 e. The van der Waals surface area contributed by atoms with Gasteiger partial charge in [0.25, 0.3) is 0 Å². The number of aryl methyl sites for hydroxylation is 1. The average molecular weight is 269 g/mol. The van der Waals surface area contributed by atoms with E-state index in [0.717, 1.165) is 17.2 Å². The van der Waals surface area contributed by atoms with Gasteiger partial charge in [-0.25, -0.2) is 0 Å². The van der Waals surface area contributed by atoms with E-state index in [9.17, 15) is 0 Å². The highest BCUT2D eigenvalue weighted by Crippen LogP contribution is 2.50. The highest BCUT2D eigenvalue weighted by atomic mass is 79.9. The largest absolute Gasteiger partial charge is 0.269 e. The summed E-state index contributed by atoms with van der Waals surface area (Å²) in [6.07, 6.45) is 7.96. The summed E-state index contributed by atoms with van der Waals surface area (Å²) in [5.41, 5.74) is 2.53. The summed E-state index contributed by atoms with van der Waals surface area (Å²) in [4.78, 5) is 0. The fraction of sp³-hybridized carbons (Fsp3) is 0.750. The Morgan fingerprint density at radius 3 is 2.87 bits per heavy atom. The lowest BCUT2D eigenvalue weighted by molar-refractivity contribution is 0.306. The molecule has 2 saturated carbocycles. The van der Waals surface area contributed by atoms with Crippen LogP contribution in [0.25, 0.3) is 0 Å². The lowest BCUT2D eigenvalue weighted by Crippen LogP contribution is -2.16. The van der Waals surface area contributed by atoms with Crippen molar-refractivity contribution in [2.24, 2.45) is 11.8 Å². The number of fused-ring (bicyclic) bond motifs is 2. The molecule has 0 radical (unpaired) electrons.